The maximum absolute atomic E-state index is 13.8. The van der Waals surface area contributed by atoms with Crippen LogP contribution in [0.25, 0.3) is 0 Å². The third-order valence-corrected chi connectivity index (χ3v) is 9.52. The summed E-state index contributed by atoms with van der Waals surface area (Å²) in [4.78, 5) is 15.6. The molecule has 1 saturated carbocycles. The zero-order chi connectivity index (χ0) is 26.6. The van der Waals surface area contributed by atoms with Crippen molar-refractivity contribution >= 4 is 17.5 Å². The van der Waals surface area contributed by atoms with Gasteiger partial charge in [0.1, 0.15) is 6.04 Å². The SMILES string of the molecule is NC(N)C(C(=O)NC1CNCCC1N1CCNC(C(F)(F)F)C1)C1CC2(CCCCC2)CCC(Cl)CN1. The van der Waals surface area contributed by atoms with Crippen LogP contribution in [-0.2, 0) is 4.79 Å². The lowest BCUT2D eigenvalue weighted by Gasteiger charge is -2.46. The molecule has 214 valence electrons. The van der Waals surface area contributed by atoms with E-state index < -0.39 is 24.3 Å². The van der Waals surface area contributed by atoms with E-state index >= 15 is 0 Å². The number of amides is 1. The van der Waals surface area contributed by atoms with Crippen LogP contribution in [0.3, 0.4) is 0 Å². The molecule has 6 unspecified atom stereocenters. The maximum atomic E-state index is 13.8. The molecule has 3 aliphatic heterocycles. The zero-order valence-corrected chi connectivity index (χ0v) is 22.4. The van der Waals surface area contributed by atoms with E-state index in [1.807, 2.05) is 4.90 Å². The minimum absolute atomic E-state index is 0.0134. The number of hydrogen-bond donors (Lipinski definition) is 6. The second-order valence-electron chi connectivity index (χ2n) is 11.7. The number of carbonyl (C=O) groups is 1. The van der Waals surface area contributed by atoms with Crippen molar-refractivity contribution in [2.45, 2.75) is 99.7 Å². The molecule has 4 fully saturated rings. The highest BCUT2D eigenvalue weighted by atomic mass is 35.5. The van der Waals surface area contributed by atoms with Crippen LogP contribution in [0.5, 0.6) is 0 Å². The third-order valence-electron chi connectivity index (χ3n) is 9.15. The Morgan fingerprint density at radius 3 is 2.51 bits per heavy atom. The van der Waals surface area contributed by atoms with E-state index in [1.54, 1.807) is 0 Å². The Morgan fingerprint density at radius 1 is 1.05 bits per heavy atom. The summed E-state index contributed by atoms with van der Waals surface area (Å²) in [5.41, 5.74) is 12.6. The van der Waals surface area contributed by atoms with Gasteiger partial charge >= 0.3 is 6.18 Å². The van der Waals surface area contributed by atoms with Crippen molar-refractivity contribution in [3.63, 3.8) is 0 Å². The van der Waals surface area contributed by atoms with Gasteiger partial charge < -0.3 is 32.7 Å². The Kier molecular flexibility index (Phi) is 10.0. The zero-order valence-electron chi connectivity index (χ0n) is 21.7. The van der Waals surface area contributed by atoms with Gasteiger partial charge in [-0.15, -0.1) is 11.6 Å². The fourth-order valence-electron chi connectivity index (χ4n) is 7.12. The van der Waals surface area contributed by atoms with E-state index in [1.165, 1.54) is 19.3 Å². The fraction of sp³-hybridized carbons (Fsp3) is 0.960. The van der Waals surface area contributed by atoms with Gasteiger partial charge in [-0.05, 0) is 50.5 Å². The average molecular weight is 552 g/mol. The topological polar surface area (TPSA) is 120 Å². The van der Waals surface area contributed by atoms with Gasteiger partial charge in [-0.3, -0.25) is 9.69 Å². The van der Waals surface area contributed by atoms with E-state index in [-0.39, 0.29) is 47.9 Å². The quantitative estimate of drug-likeness (QED) is 0.225. The Morgan fingerprint density at radius 2 is 1.81 bits per heavy atom. The molecule has 4 aliphatic rings. The lowest BCUT2D eigenvalue weighted by Crippen LogP contribution is -2.67. The van der Waals surface area contributed by atoms with Crippen LogP contribution in [0.2, 0.25) is 0 Å². The number of halogens is 4. The van der Waals surface area contributed by atoms with E-state index in [2.05, 4.69) is 21.3 Å². The van der Waals surface area contributed by atoms with Crippen LogP contribution in [0.1, 0.15) is 57.8 Å². The molecule has 0 aromatic heterocycles. The van der Waals surface area contributed by atoms with Crippen LogP contribution in [0.4, 0.5) is 13.2 Å². The molecule has 12 heteroatoms. The van der Waals surface area contributed by atoms with Gasteiger partial charge in [0, 0.05) is 50.2 Å². The molecule has 0 bridgehead atoms. The number of piperidine rings is 1. The molecule has 1 spiro atoms. The predicted octanol–water partition coefficient (Wildman–Crippen LogP) is 1.23. The summed E-state index contributed by atoms with van der Waals surface area (Å²) in [6.45, 7) is 2.43. The van der Waals surface area contributed by atoms with Gasteiger partial charge in [0.15, 0.2) is 0 Å². The molecule has 3 heterocycles. The van der Waals surface area contributed by atoms with Gasteiger partial charge in [0.25, 0.3) is 0 Å². The lowest BCUT2D eigenvalue weighted by atomic mass is 9.65. The van der Waals surface area contributed by atoms with Gasteiger partial charge in [-0.25, -0.2) is 0 Å². The molecule has 3 saturated heterocycles. The second-order valence-corrected chi connectivity index (χ2v) is 12.4. The number of piperazine rings is 1. The second kappa shape index (κ2) is 12.7. The molecule has 8 N–H and O–H groups in total. The van der Waals surface area contributed by atoms with Crippen LogP contribution in [0.15, 0.2) is 0 Å². The van der Waals surface area contributed by atoms with Crippen molar-refractivity contribution in [2.24, 2.45) is 22.8 Å². The predicted molar refractivity (Wildman–Crippen MR) is 139 cm³/mol. The Balaban J connectivity index is 1.48. The monoisotopic (exact) mass is 551 g/mol. The number of nitrogens with one attached hydrogen (secondary N) is 4. The van der Waals surface area contributed by atoms with Crippen molar-refractivity contribution in [3.8, 4) is 0 Å². The standard InChI is InChI=1S/C25H45ClF3N7O/c26-16-4-8-24(6-2-1-3-7-24)12-17(34-13-16)21(22(30)31)23(37)35-18-14-32-9-5-19(18)36-11-10-33-20(15-36)25(27,28)29/h16-22,32-34H,1-15,30-31H2,(H,35,37). The average Bonchev–Trinajstić information content (AvgIpc) is 2.85. The lowest BCUT2D eigenvalue weighted by molar-refractivity contribution is -0.167. The first-order valence-corrected chi connectivity index (χ1v) is 14.5. The van der Waals surface area contributed by atoms with Crippen molar-refractivity contribution in [1.82, 2.24) is 26.2 Å². The first-order chi connectivity index (χ1) is 17.6. The Hall–Kier alpha value is -0.690. The van der Waals surface area contributed by atoms with Gasteiger partial charge in [-0.2, -0.15) is 13.2 Å². The van der Waals surface area contributed by atoms with Crippen LogP contribution >= 0.6 is 11.6 Å². The number of hydrogen-bond acceptors (Lipinski definition) is 7. The minimum Gasteiger partial charge on any atom is -0.350 e. The van der Waals surface area contributed by atoms with Crippen LogP contribution < -0.4 is 32.7 Å². The van der Waals surface area contributed by atoms with Gasteiger partial charge in [0.2, 0.25) is 5.91 Å². The molecule has 4 rings (SSSR count). The summed E-state index contributed by atoms with van der Waals surface area (Å²) in [5.74, 6) is -0.888. The Labute approximate surface area is 223 Å². The van der Waals surface area contributed by atoms with Crippen LogP contribution in [-0.4, -0.2) is 92.0 Å². The first-order valence-electron chi connectivity index (χ1n) is 14.0. The molecule has 1 aliphatic carbocycles. The third kappa shape index (κ3) is 7.49. The number of nitrogens with zero attached hydrogens (tertiary/aromatic N) is 1. The summed E-state index contributed by atoms with van der Waals surface area (Å²) in [6, 6.07) is -2.28. The largest absolute Gasteiger partial charge is 0.405 e. The molecule has 8 nitrogen and oxygen atoms in total. The first kappa shape index (κ1) is 29.3. The van der Waals surface area contributed by atoms with Crippen molar-refractivity contribution in [3.05, 3.63) is 0 Å². The summed E-state index contributed by atoms with van der Waals surface area (Å²) in [6.07, 6.45) is 4.18. The molecule has 1 amide bonds. The minimum atomic E-state index is -4.30. The summed E-state index contributed by atoms with van der Waals surface area (Å²) >= 11 is 6.61. The van der Waals surface area contributed by atoms with Gasteiger partial charge in [-0.1, -0.05) is 19.3 Å². The van der Waals surface area contributed by atoms with Crippen molar-refractivity contribution in [1.29, 1.82) is 0 Å². The maximum Gasteiger partial charge on any atom is 0.405 e. The van der Waals surface area contributed by atoms with Crippen molar-refractivity contribution in [2.75, 3.05) is 39.3 Å². The number of rotatable bonds is 5. The molecule has 0 aromatic rings. The normalized spacial score (nSPS) is 35.1. The fourth-order valence-corrected chi connectivity index (χ4v) is 7.32. The van der Waals surface area contributed by atoms with E-state index in [4.69, 9.17) is 23.1 Å². The smallest absolute Gasteiger partial charge is 0.350 e. The summed E-state index contributed by atoms with van der Waals surface area (Å²) in [7, 11) is 0. The molecule has 0 radical (unpaired) electrons. The van der Waals surface area contributed by atoms with Crippen molar-refractivity contribution < 1.29 is 18.0 Å². The van der Waals surface area contributed by atoms with E-state index in [9.17, 15) is 18.0 Å². The summed E-state index contributed by atoms with van der Waals surface area (Å²) in [5, 5.41) is 12.5. The molecule has 37 heavy (non-hydrogen) atoms. The summed E-state index contributed by atoms with van der Waals surface area (Å²) < 4.78 is 40.2. The molecular weight excluding hydrogens is 507 g/mol. The van der Waals surface area contributed by atoms with E-state index in [0.29, 0.717) is 32.6 Å². The molecular formula is C25H45ClF3N7O. The highest BCUT2D eigenvalue weighted by Gasteiger charge is 2.46. The highest BCUT2D eigenvalue weighted by molar-refractivity contribution is 6.20. The van der Waals surface area contributed by atoms with Gasteiger partial charge in [0.05, 0.1) is 18.1 Å². The highest BCUT2D eigenvalue weighted by Crippen LogP contribution is 2.46. The molecule has 6 atom stereocenters. The van der Waals surface area contributed by atoms with E-state index in [0.717, 1.165) is 32.1 Å². The Bertz CT molecular complexity index is 752. The van der Waals surface area contributed by atoms with Crippen LogP contribution in [0, 0.1) is 11.3 Å². The number of carbonyl (C=O) groups excluding carboxylic acids is 1. The number of nitrogens with two attached hydrogens (primary N) is 2. The number of alkyl halides is 4. The molecule has 0 aromatic carbocycles.